The zero-order valence-electron chi connectivity index (χ0n) is 16.8. The second kappa shape index (κ2) is 10.3. The zero-order valence-corrected chi connectivity index (χ0v) is 16.8. The average Bonchev–Trinajstić information content (AvgIpc) is 2.75. The van der Waals surface area contributed by atoms with Crippen molar-refractivity contribution in [3.63, 3.8) is 0 Å². The van der Waals surface area contributed by atoms with E-state index in [9.17, 15) is 9.59 Å². The van der Waals surface area contributed by atoms with Gasteiger partial charge in [0, 0.05) is 18.7 Å². The Balaban J connectivity index is 2.17. The van der Waals surface area contributed by atoms with Crippen LogP contribution in [0.5, 0.6) is 11.5 Å². The smallest absolute Gasteiger partial charge is 0.310 e. The molecule has 0 spiro atoms. The van der Waals surface area contributed by atoms with E-state index in [1.807, 2.05) is 24.3 Å². The first-order valence-corrected chi connectivity index (χ1v) is 9.12. The van der Waals surface area contributed by atoms with Crippen LogP contribution in [0.2, 0.25) is 0 Å². The van der Waals surface area contributed by atoms with Gasteiger partial charge in [-0.3, -0.25) is 9.59 Å². The lowest BCUT2D eigenvalue weighted by molar-refractivity contribution is -0.145. The fourth-order valence-corrected chi connectivity index (χ4v) is 2.88. The quantitative estimate of drug-likeness (QED) is 0.620. The lowest BCUT2D eigenvalue weighted by atomic mass is 10.1. The molecular weight excluding hydrogens is 358 g/mol. The molecule has 1 unspecified atom stereocenters. The summed E-state index contributed by atoms with van der Waals surface area (Å²) in [6.07, 6.45) is 0.660. The Morgan fingerprint density at radius 2 is 1.64 bits per heavy atom. The maximum Gasteiger partial charge on any atom is 0.310 e. The van der Waals surface area contributed by atoms with Gasteiger partial charge < -0.3 is 19.1 Å². The summed E-state index contributed by atoms with van der Waals surface area (Å²) in [4.78, 5) is 26.6. The fourth-order valence-electron chi connectivity index (χ4n) is 2.88. The molecule has 6 heteroatoms. The van der Waals surface area contributed by atoms with E-state index in [0.29, 0.717) is 24.3 Å². The summed E-state index contributed by atoms with van der Waals surface area (Å²) >= 11 is 0. The molecule has 1 amide bonds. The monoisotopic (exact) mass is 385 g/mol. The third-order valence-electron chi connectivity index (χ3n) is 4.53. The molecule has 0 fully saturated rings. The Bertz CT molecular complexity index is 788. The molecule has 0 aromatic heterocycles. The number of rotatable bonds is 9. The van der Waals surface area contributed by atoms with E-state index in [0.717, 1.165) is 11.3 Å². The summed E-state index contributed by atoms with van der Waals surface area (Å²) < 4.78 is 15.2. The van der Waals surface area contributed by atoms with Gasteiger partial charge in [-0.15, -0.1) is 0 Å². The molecule has 6 nitrogen and oxygen atoms in total. The van der Waals surface area contributed by atoms with Gasteiger partial charge in [-0.25, -0.2) is 0 Å². The number of ether oxygens (including phenoxy) is 3. The predicted octanol–water partition coefficient (Wildman–Crippen LogP) is 3.20. The molecule has 0 radical (unpaired) electrons. The number of carbonyl (C=O) groups excluding carboxylic acids is 2. The minimum atomic E-state index is -0.421. The Morgan fingerprint density at radius 3 is 2.25 bits per heavy atom. The van der Waals surface area contributed by atoms with Crippen LogP contribution in [0.15, 0.2) is 48.5 Å². The van der Waals surface area contributed by atoms with Crippen LogP contribution in [0.3, 0.4) is 0 Å². The highest BCUT2D eigenvalue weighted by molar-refractivity contribution is 5.94. The van der Waals surface area contributed by atoms with Crippen LogP contribution in [0.1, 0.15) is 22.8 Å². The normalized spacial score (nSPS) is 11.4. The van der Waals surface area contributed by atoms with Crippen molar-refractivity contribution in [3.8, 4) is 11.5 Å². The summed E-state index contributed by atoms with van der Waals surface area (Å²) in [6.45, 7) is 2.51. The van der Waals surface area contributed by atoms with Crippen molar-refractivity contribution >= 4 is 11.9 Å². The summed E-state index contributed by atoms with van der Waals surface area (Å²) in [6, 6.07) is 14.7. The molecule has 0 N–H and O–H groups in total. The van der Waals surface area contributed by atoms with Gasteiger partial charge in [0.15, 0.2) is 0 Å². The number of methoxy groups -OCH3 is 3. The number of benzene rings is 2. The third-order valence-corrected chi connectivity index (χ3v) is 4.53. The maximum atomic E-state index is 13.1. The lowest BCUT2D eigenvalue weighted by Gasteiger charge is -2.25. The molecule has 1 atom stereocenters. The van der Waals surface area contributed by atoms with Crippen molar-refractivity contribution in [1.82, 2.24) is 4.90 Å². The highest BCUT2D eigenvalue weighted by Crippen LogP contribution is 2.17. The molecule has 2 aromatic carbocycles. The molecule has 150 valence electrons. The topological polar surface area (TPSA) is 65.1 Å². The van der Waals surface area contributed by atoms with Crippen LogP contribution in [0, 0.1) is 5.92 Å². The predicted molar refractivity (Wildman–Crippen MR) is 107 cm³/mol. The standard InChI is InChI=1S/C22H27NO5/c1-16(22(25)28-4)15-23(13-12-17-8-10-19(26-2)11-9-17)21(24)18-6-5-7-20(14-18)27-3/h5-11,14,16H,12-13,15H2,1-4H3. The Labute approximate surface area is 166 Å². The van der Waals surface area contributed by atoms with Gasteiger partial charge >= 0.3 is 5.97 Å². The highest BCUT2D eigenvalue weighted by Gasteiger charge is 2.22. The second-order valence-electron chi connectivity index (χ2n) is 6.51. The zero-order chi connectivity index (χ0) is 20.5. The van der Waals surface area contributed by atoms with Gasteiger partial charge in [0.2, 0.25) is 0 Å². The molecule has 0 aliphatic rings. The largest absolute Gasteiger partial charge is 0.497 e. The summed E-state index contributed by atoms with van der Waals surface area (Å²) in [5.74, 6) is 0.487. The maximum absolute atomic E-state index is 13.1. The van der Waals surface area contributed by atoms with E-state index >= 15 is 0 Å². The van der Waals surface area contributed by atoms with E-state index in [-0.39, 0.29) is 18.4 Å². The first kappa shape index (κ1) is 21.3. The second-order valence-corrected chi connectivity index (χ2v) is 6.51. The van der Waals surface area contributed by atoms with Gasteiger partial charge in [-0.05, 0) is 42.3 Å². The molecule has 0 heterocycles. The number of carbonyl (C=O) groups is 2. The summed E-state index contributed by atoms with van der Waals surface area (Å²) in [7, 11) is 4.53. The molecule has 2 aromatic rings. The number of esters is 1. The molecule has 0 saturated carbocycles. The van der Waals surface area contributed by atoms with Crippen LogP contribution in [-0.4, -0.2) is 51.2 Å². The molecule has 0 bridgehead atoms. The molecule has 28 heavy (non-hydrogen) atoms. The third kappa shape index (κ3) is 5.74. The van der Waals surface area contributed by atoms with Crippen molar-refractivity contribution in [2.24, 2.45) is 5.92 Å². The first-order valence-electron chi connectivity index (χ1n) is 9.12. The fraction of sp³-hybridized carbons (Fsp3) is 0.364. The molecular formula is C22H27NO5. The highest BCUT2D eigenvalue weighted by atomic mass is 16.5. The number of hydrogen-bond acceptors (Lipinski definition) is 5. The Hall–Kier alpha value is -3.02. The summed E-state index contributed by atoms with van der Waals surface area (Å²) in [5, 5.41) is 0. The van der Waals surface area contributed by atoms with Crippen molar-refractivity contribution < 1.29 is 23.8 Å². The minimum absolute atomic E-state index is 0.150. The molecule has 0 aliphatic carbocycles. The van der Waals surface area contributed by atoms with E-state index in [1.54, 1.807) is 50.3 Å². The Kier molecular flexibility index (Phi) is 7.87. The number of amides is 1. The SMILES string of the molecule is COC(=O)C(C)CN(CCc1ccc(OC)cc1)C(=O)c1cccc(OC)c1. The van der Waals surface area contributed by atoms with Crippen LogP contribution in [-0.2, 0) is 16.0 Å². The van der Waals surface area contributed by atoms with Gasteiger partial charge in [0.05, 0.1) is 27.2 Å². The van der Waals surface area contributed by atoms with Gasteiger partial charge in [-0.2, -0.15) is 0 Å². The van der Waals surface area contributed by atoms with Crippen LogP contribution in [0.25, 0.3) is 0 Å². The van der Waals surface area contributed by atoms with E-state index < -0.39 is 5.92 Å². The van der Waals surface area contributed by atoms with Gasteiger partial charge in [0.25, 0.3) is 5.91 Å². The first-order chi connectivity index (χ1) is 13.5. The summed E-state index contributed by atoms with van der Waals surface area (Å²) in [5.41, 5.74) is 1.60. The number of nitrogens with zero attached hydrogens (tertiary/aromatic N) is 1. The van der Waals surface area contributed by atoms with Crippen molar-refractivity contribution in [2.45, 2.75) is 13.3 Å². The van der Waals surface area contributed by atoms with Crippen LogP contribution < -0.4 is 9.47 Å². The van der Waals surface area contributed by atoms with E-state index in [1.165, 1.54) is 7.11 Å². The molecule has 2 rings (SSSR count). The number of hydrogen-bond donors (Lipinski definition) is 0. The van der Waals surface area contributed by atoms with Gasteiger partial charge in [0.1, 0.15) is 11.5 Å². The molecule has 0 saturated heterocycles. The van der Waals surface area contributed by atoms with Crippen molar-refractivity contribution in [3.05, 3.63) is 59.7 Å². The van der Waals surface area contributed by atoms with Crippen LogP contribution >= 0.6 is 0 Å². The minimum Gasteiger partial charge on any atom is -0.497 e. The lowest BCUT2D eigenvalue weighted by Crippen LogP contribution is -2.38. The van der Waals surface area contributed by atoms with Gasteiger partial charge in [-0.1, -0.05) is 25.1 Å². The Morgan fingerprint density at radius 1 is 0.964 bits per heavy atom. The molecule has 0 aliphatic heterocycles. The van der Waals surface area contributed by atoms with Crippen molar-refractivity contribution in [1.29, 1.82) is 0 Å². The van der Waals surface area contributed by atoms with Crippen molar-refractivity contribution in [2.75, 3.05) is 34.4 Å². The van der Waals surface area contributed by atoms with Crippen LogP contribution in [0.4, 0.5) is 0 Å². The van der Waals surface area contributed by atoms with E-state index in [4.69, 9.17) is 14.2 Å². The van der Waals surface area contributed by atoms with E-state index in [2.05, 4.69) is 0 Å². The average molecular weight is 385 g/mol.